The molecular formula is C27H36N4O7S2. The molecule has 2 aromatic rings. The van der Waals surface area contributed by atoms with Gasteiger partial charge < -0.3 is 20.7 Å². The number of hydroxylamine groups is 1. The Balaban J connectivity index is 1.52. The number of amides is 4. The van der Waals surface area contributed by atoms with Gasteiger partial charge in [0.1, 0.15) is 11.3 Å². The third-order valence-electron chi connectivity index (χ3n) is 7.24. The van der Waals surface area contributed by atoms with Gasteiger partial charge in [0.15, 0.2) is 16.1 Å². The lowest BCUT2D eigenvalue weighted by atomic mass is 9.94. The molecule has 4 rings (SSSR count). The van der Waals surface area contributed by atoms with Crippen LogP contribution in [0.1, 0.15) is 56.7 Å². The van der Waals surface area contributed by atoms with E-state index >= 15 is 0 Å². The highest BCUT2D eigenvalue weighted by Crippen LogP contribution is 2.47. The fourth-order valence-corrected chi connectivity index (χ4v) is 8.83. The molecule has 11 nitrogen and oxygen atoms in total. The molecule has 0 spiro atoms. The van der Waals surface area contributed by atoms with Gasteiger partial charge in [-0.2, -0.15) is 0 Å². The maximum atomic E-state index is 13.5. The van der Waals surface area contributed by atoms with Crippen molar-refractivity contribution in [3.8, 4) is 10.4 Å². The summed E-state index contributed by atoms with van der Waals surface area (Å²) >= 11 is 1.32. The Bertz CT molecular complexity index is 1320. The summed E-state index contributed by atoms with van der Waals surface area (Å²) in [6.45, 7) is 2.43. The van der Waals surface area contributed by atoms with Crippen LogP contribution in [0, 0.1) is 0 Å². The first-order chi connectivity index (χ1) is 19.1. The van der Waals surface area contributed by atoms with E-state index in [-0.39, 0.29) is 24.6 Å². The van der Waals surface area contributed by atoms with Crippen molar-refractivity contribution in [3.63, 3.8) is 0 Å². The van der Waals surface area contributed by atoms with Crippen LogP contribution < -0.4 is 16.5 Å². The van der Waals surface area contributed by atoms with Gasteiger partial charge in [-0.05, 0) is 62.4 Å². The third-order valence-corrected chi connectivity index (χ3v) is 11.3. The Kier molecular flexibility index (Phi) is 9.82. The second-order valence-electron chi connectivity index (χ2n) is 10.0. The number of hydrogen-bond donors (Lipinski definition) is 3. The van der Waals surface area contributed by atoms with E-state index in [0.29, 0.717) is 49.4 Å². The van der Waals surface area contributed by atoms with Crippen molar-refractivity contribution in [3.05, 3.63) is 41.3 Å². The zero-order chi connectivity index (χ0) is 28.8. The first-order valence-electron chi connectivity index (χ1n) is 13.5. The molecule has 2 atom stereocenters. The van der Waals surface area contributed by atoms with E-state index in [1.807, 2.05) is 12.1 Å². The van der Waals surface area contributed by atoms with Gasteiger partial charge in [-0.15, -0.1) is 11.3 Å². The van der Waals surface area contributed by atoms with Crippen molar-refractivity contribution in [2.75, 3.05) is 30.8 Å². The first-order valence-corrected chi connectivity index (χ1v) is 15.9. The molecule has 1 unspecified atom stereocenters. The maximum absolute atomic E-state index is 13.5. The number of likely N-dealkylation sites (N-methyl/N-ethyl adjacent to an activating group) is 1. The minimum absolute atomic E-state index is 0.0156. The second kappa shape index (κ2) is 13.1. The SMILES string of the molecule is CCN(CC(=O)Nc1cccc(-c2ccc([C@@]3(CC(=O)NOC4CCCCO4)CCCCS3(=O)=O)s2)c1)C(N)=O. The topological polar surface area (TPSA) is 157 Å². The van der Waals surface area contributed by atoms with Crippen molar-refractivity contribution in [2.24, 2.45) is 5.73 Å². The van der Waals surface area contributed by atoms with Crippen LogP contribution in [0.3, 0.4) is 0 Å². The lowest BCUT2D eigenvalue weighted by Gasteiger charge is -2.35. The van der Waals surface area contributed by atoms with Crippen molar-refractivity contribution < 1.29 is 32.4 Å². The number of ether oxygens (including phenoxy) is 1. The standard InChI is InChI=1S/C27H36N4O7S2/c1-2-31(26(28)34)18-24(33)29-20-9-7-8-19(16-20)21-11-12-22(39-21)27(13-4-6-15-40(27,35)36)17-23(32)30-38-25-10-3-5-14-37-25/h7-9,11-12,16,25H,2-6,10,13-15,17-18H2,1H3,(H2,28,34)(H,29,33)(H,30,32)/t25?,27-/m0/s1. The summed E-state index contributed by atoms with van der Waals surface area (Å²) in [6.07, 6.45) is 3.36. The molecule has 2 saturated heterocycles. The molecule has 13 heteroatoms. The van der Waals surface area contributed by atoms with Gasteiger partial charge >= 0.3 is 6.03 Å². The number of urea groups is 1. The molecule has 2 aliphatic heterocycles. The highest BCUT2D eigenvalue weighted by atomic mass is 32.2. The highest BCUT2D eigenvalue weighted by molar-refractivity contribution is 7.92. The number of thiophene rings is 1. The highest BCUT2D eigenvalue weighted by Gasteiger charge is 2.49. The zero-order valence-corrected chi connectivity index (χ0v) is 24.2. The predicted octanol–water partition coefficient (Wildman–Crippen LogP) is 3.51. The minimum atomic E-state index is -3.63. The molecule has 1 aromatic heterocycles. The number of anilines is 1. The normalized spacial score (nSPS) is 22.3. The quantitative estimate of drug-likeness (QED) is 0.356. The lowest BCUT2D eigenvalue weighted by Crippen LogP contribution is -2.45. The maximum Gasteiger partial charge on any atom is 0.315 e. The molecule has 2 aliphatic rings. The van der Waals surface area contributed by atoms with Crippen LogP contribution in [0.5, 0.6) is 0 Å². The number of nitrogens with two attached hydrogens (primary N) is 1. The first kappa shape index (κ1) is 30.0. The van der Waals surface area contributed by atoms with Gasteiger partial charge in [0.05, 0.1) is 12.2 Å². The van der Waals surface area contributed by atoms with E-state index in [1.54, 1.807) is 31.2 Å². The van der Waals surface area contributed by atoms with Crippen LogP contribution in [0.4, 0.5) is 10.5 Å². The monoisotopic (exact) mass is 592 g/mol. The summed E-state index contributed by atoms with van der Waals surface area (Å²) in [5.41, 5.74) is 9.02. The Morgan fingerprint density at radius 3 is 2.67 bits per heavy atom. The van der Waals surface area contributed by atoms with Gasteiger partial charge in [0.25, 0.3) is 0 Å². The fourth-order valence-electron chi connectivity index (χ4n) is 5.05. The van der Waals surface area contributed by atoms with Crippen molar-refractivity contribution >= 4 is 44.7 Å². The molecule has 218 valence electrons. The molecule has 3 heterocycles. The predicted molar refractivity (Wildman–Crippen MR) is 152 cm³/mol. The summed E-state index contributed by atoms with van der Waals surface area (Å²) in [6, 6.07) is 10.1. The number of carbonyl (C=O) groups excluding carboxylic acids is 3. The van der Waals surface area contributed by atoms with E-state index in [9.17, 15) is 22.8 Å². The van der Waals surface area contributed by atoms with Crippen LogP contribution in [-0.2, 0) is 33.7 Å². The number of benzene rings is 1. The average Bonchev–Trinajstić information content (AvgIpc) is 3.43. The lowest BCUT2D eigenvalue weighted by molar-refractivity contribution is -0.200. The number of rotatable bonds is 10. The Morgan fingerprint density at radius 1 is 1.15 bits per heavy atom. The van der Waals surface area contributed by atoms with E-state index in [4.69, 9.17) is 15.3 Å². The summed E-state index contributed by atoms with van der Waals surface area (Å²) < 4.78 is 31.1. The zero-order valence-electron chi connectivity index (χ0n) is 22.5. The van der Waals surface area contributed by atoms with Gasteiger partial charge in [-0.25, -0.2) is 23.5 Å². The van der Waals surface area contributed by atoms with E-state index in [2.05, 4.69) is 10.8 Å². The van der Waals surface area contributed by atoms with Gasteiger partial charge in [-0.1, -0.05) is 18.6 Å². The Labute approximate surface area is 238 Å². The van der Waals surface area contributed by atoms with E-state index < -0.39 is 32.8 Å². The van der Waals surface area contributed by atoms with Crippen molar-refractivity contribution in [1.82, 2.24) is 10.4 Å². The van der Waals surface area contributed by atoms with Gasteiger partial charge in [-0.3, -0.25) is 9.59 Å². The number of nitrogens with one attached hydrogen (secondary N) is 2. The van der Waals surface area contributed by atoms with Crippen molar-refractivity contribution in [1.29, 1.82) is 0 Å². The van der Waals surface area contributed by atoms with Crippen molar-refractivity contribution in [2.45, 2.75) is 62.9 Å². The largest absolute Gasteiger partial charge is 0.351 e. The number of nitrogens with zero attached hydrogens (tertiary/aromatic N) is 1. The second-order valence-corrected chi connectivity index (χ2v) is 13.5. The van der Waals surface area contributed by atoms with Crippen LogP contribution in [0.25, 0.3) is 10.4 Å². The van der Waals surface area contributed by atoms with Crippen LogP contribution in [0.15, 0.2) is 36.4 Å². The molecule has 0 bridgehead atoms. The van der Waals surface area contributed by atoms with Crippen LogP contribution in [-0.4, -0.2) is 62.9 Å². The summed E-state index contributed by atoms with van der Waals surface area (Å²) in [5.74, 6) is -0.873. The van der Waals surface area contributed by atoms with Gasteiger partial charge in [0, 0.05) is 35.0 Å². The smallest absolute Gasteiger partial charge is 0.315 e. The number of carbonyl (C=O) groups is 3. The number of hydrogen-bond acceptors (Lipinski definition) is 8. The third kappa shape index (κ3) is 7.00. The Hall–Kier alpha value is -3.00. The molecule has 0 aliphatic carbocycles. The molecule has 1 aromatic carbocycles. The van der Waals surface area contributed by atoms with E-state index in [1.165, 1.54) is 16.2 Å². The summed E-state index contributed by atoms with van der Waals surface area (Å²) in [5, 5.41) is 2.77. The molecule has 4 N–H and O–H groups in total. The average molecular weight is 593 g/mol. The summed E-state index contributed by atoms with van der Waals surface area (Å²) in [4.78, 5) is 44.9. The molecule has 0 saturated carbocycles. The van der Waals surface area contributed by atoms with Crippen LogP contribution in [0.2, 0.25) is 0 Å². The number of sulfone groups is 1. The van der Waals surface area contributed by atoms with Crippen LogP contribution >= 0.6 is 11.3 Å². The summed E-state index contributed by atoms with van der Waals surface area (Å²) in [7, 11) is -3.63. The minimum Gasteiger partial charge on any atom is -0.351 e. The Morgan fingerprint density at radius 2 is 1.98 bits per heavy atom. The van der Waals surface area contributed by atoms with Gasteiger partial charge in [0.2, 0.25) is 11.8 Å². The fraction of sp³-hybridized carbons (Fsp3) is 0.519. The molecule has 4 amide bonds. The molecule has 2 fully saturated rings. The molecular weight excluding hydrogens is 556 g/mol. The number of primary amides is 1. The molecule has 40 heavy (non-hydrogen) atoms. The molecule has 0 radical (unpaired) electrons. The van der Waals surface area contributed by atoms with E-state index in [0.717, 1.165) is 23.3 Å².